The van der Waals surface area contributed by atoms with Gasteiger partial charge in [0.15, 0.2) is 0 Å². The van der Waals surface area contributed by atoms with Crippen molar-refractivity contribution in [3.8, 4) is 0 Å². The molecule has 0 saturated heterocycles. The van der Waals surface area contributed by atoms with Gasteiger partial charge in [0.25, 0.3) is 0 Å². The van der Waals surface area contributed by atoms with Gasteiger partial charge >= 0.3 is 0 Å². The fourth-order valence-electron chi connectivity index (χ4n) is 3.03. The van der Waals surface area contributed by atoms with Crippen LogP contribution in [0, 0.1) is 20.8 Å². The maximum atomic E-state index is 12.9. The van der Waals surface area contributed by atoms with Crippen LogP contribution in [0.1, 0.15) is 35.6 Å². The molecule has 5 nitrogen and oxygen atoms in total. The molecule has 2 aromatic rings. The summed E-state index contributed by atoms with van der Waals surface area (Å²) in [6.45, 7) is 8.06. The van der Waals surface area contributed by atoms with Crippen LogP contribution in [-0.2, 0) is 21.4 Å². The van der Waals surface area contributed by atoms with Crippen LogP contribution in [0.3, 0.4) is 0 Å². The van der Waals surface area contributed by atoms with Crippen molar-refractivity contribution in [2.45, 2.75) is 46.7 Å². The maximum Gasteiger partial charge on any atom is 0.244 e. The highest BCUT2D eigenvalue weighted by molar-refractivity contribution is 7.92. The summed E-state index contributed by atoms with van der Waals surface area (Å²) < 4.78 is 26.2. The molecule has 0 aliphatic rings. The molecular formula is C21H28N2O3S. The summed E-state index contributed by atoms with van der Waals surface area (Å²) >= 11 is 0. The Morgan fingerprint density at radius 1 is 1.04 bits per heavy atom. The van der Waals surface area contributed by atoms with Crippen molar-refractivity contribution in [3.63, 3.8) is 0 Å². The third kappa shape index (κ3) is 5.10. The molecule has 0 spiro atoms. The maximum absolute atomic E-state index is 12.9. The number of nitrogens with one attached hydrogen (secondary N) is 1. The van der Waals surface area contributed by atoms with Gasteiger partial charge in [0, 0.05) is 6.54 Å². The molecule has 0 aliphatic carbocycles. The molecule has 1 N–H and O–H groups in total. The van der Waals surface area contributed by atoms with Gasteiger partial charge in [0.05, 0.1) is 11.9 Å². The predicted molar refractivity (Wildman–Crippen MR) is 110 cm³/mol. The van der Waals surface area contributed by atoms with Crippen LogP contribution >= 0.6 is 0 Å². The SMILES string of the molecule is CC[C@@H](C(=O)NCc1ccccc1C)N(c1ccc(C)c(C)c1)S(C)(=O)=O. The summed E-state index contributed by atoms with van der Waals surface area (Å²) in [5, 5.41) is 2.89. The van der Waals surface area contributed by atoms with Gasteiger partial charge in [-0.2, -0.15) is 0 Å². The van der Waals surface area contributed by atoms with E-state index in [-0.39, 0.29) is 5.91 Å². The number of amides is 1. The summed E-state index contributed by atoms with van der Waals surface area (Å²) in [5.41, 5.74) is 4.66. The molecule has 0 bridgehead atoms. The highest BCUT2D eigenvalue weighted by Gasteiger charge is 2.31. The molecule has 0 aliphatic heterocycles. The van der Waals surface area contributed by atoms with Gasteiger partial charge in [-0.1, -0.05) is 37.3 Å². The quantitative estimate of drug-likeness (QED) is 0.790. The van der Waals surface area contributed by atoms with Crippen molar-refractivity contribution >= 4 is 21.6 Å². The highest BCUT2D eigenvalue weighted by atomic mass is 32.2. The standard InChI is InChI=1S/C21H28N2O3S/c1-6-20(21(24)22-14-18-10-8-7-9-16(18)3)23(27(5,25)26)19-12-11-15(2)17(4)13-19/h7-13,20H,6,14H2,1-5H3,(H,22,24)/t20-/m0/s1. The smallest absolute Gasteiger partial charge is 0.244 e. The zero-order valence-electron chi connectivity index (χ0n) is 16.6. The van der Waals surface area contributed by atoms with Crippen molar-refractivity contribution in [1.82, 2.24) is 5.32 Å². The first-order valence-corrected chi connectivity index (χ1v) is 10.9. The van der Waals surface area contributed by atoms with Crippen LogP contribution in [0.4, 0.5) is 5.69 Å². The van der Waals surface area contributed by atoms with E-state index in [0.29, 0.717) is 18.7 Å². The minimum absolute atomic E-state index is 0.301. The van der Waals surface area contributed by atoms with Gasteiger partial charge in [0.2, 0.25) is 15.9 Å². The molecule has 0 aromatic heterocycles. The van der Waals surface area contributed by atoms with Crippen LogP contribution in [-0.4, -0.2) is 26.6 Å². The highest BCUT2D eigenvalue weighted by Crippen LogP contribution is 2.25. The normalized spacial score (nSPS) is 12.5. The minimum Gasteiger partial charge on any atom is -0.350 e. The number of carbonyl (C=O) groups excluding carboxylic acids is 1. The molecule has 2 rings (SSSR count). The Morgan fingerprint density at radius 2 is 1.70 bits per heavy atom. The Labute approximate surface area is 162 Å². The lowest BCUT2D eigenvalue weighted by atomic mass is 10.1. The third-order valence-corrected chi connectivity index (χ3v) is 5.97. The van der Waals surface area contributed by atoms with Crippen LogP contribution in [0.2, 0.25) is 0 Å². The van der Waals surface area contributed by atoms with E-state index in [0.717, 1.165) is 28.5 Å². The summed E-state index contributed by atoms with van der Waals surface area (Å²) in [7, 11) is -3.62. The summed E-state index contributed by atoms with van der Waals surface area (Å²) in [6, 6.07) is 12.4. The van der Waals surface area contributed by atoms with Crippen LogP contribution in [0.15, 0.2) is 42.5 Å². The Morgan fingerprint density at radius 3 is 2.26 bits per heavy atom. The molecular weight excluding hydrogens is 360 g/mol. The molecule has 146 valence electrons. The van der Waals surface area contributed by atoms with Crippen molar-refractivity contribution in [3.05, 3.63) is 64.7 Å². The Balaban J connectivity index is 2.30. The largest absolute Gasteiger partial charge is 0.350 e. The van der Waals surface area contributed by atoms with E-state index in [2.05, 4.69) is 5.32 Å². The van der Waals surface area contributed by atoms with E-state index in [1.165, 1.54) is 4.31 Å². The summed E-state index contributed by atoms with van der Waals surface area (Å²) in [4.78, 5) is 12.9. The lowest BCUT2D eigenvalue weighted by molar-refractivity contribution is -0.122. The number of nitrogens with zero attached hydrogens (tertiary/aromatic N) is 1. The Kier molecular flexibility index (Phi) is 6.65. The fraction of sp³-hybridized carbons (Fsp3) is 0.381. The van der Waals surface area contributed by atoms with Gasteiger partial charge in [-0.05, 0) is 61.6 Å². The number of anilines is 1. The third-order valence-electron chi connectivity index (χ3n) is 4.79. The van der Waals surface area contributed by atoms with Gasteiger partial charge in [0.1, 0.15) is 6.04 Å². The molecule has 0 heterocycles. The van der Waals surface area contributed by atoms with Crippen molar-refractivity contribution in [1.29, 1.82) is 0 Å². The molecule has 27 heavy (non-hydrogen) atoms. The predicted octanol–water partition coefficient (Wildman–Crippen LogP) is 3.47. The van der Waals surface area contributed by atoms with E-state index in [9.17, 15) is 13.2 Å². The number of hydrogen-bond donors (Lipinski definition) is 1. The molecule has 0 saturated carbocycles. The average molecular weight is 389 g/mol. The monoisotopic (exact) mass is 388 g/mol. The molecule has 0 fully saturated rings. The number of hydrogen-bond acceptors (Lipinski definition) is 3. The molecule has 1 amide bonds. The van der Waals surface area contributed by atoms with Crippen LogP contribution in [0.25, 0.3) is 0 Å². The Hall–Kier alpha value is -2.34. The molecule has 0 unspecified atom stereocenters. The minimum atomic E-state index is -3.62. The average Bonchev–Trinajstić information content (AvgIpc) is 2.60. The first-order valence-electron chi connectivity index (χ1n) is 9.04. The number of carbonyl (C=O) groups is 1. The number of aryl methyl sites for hydroxylation is 3. The van der Waals surface area contributed by atoms with E-state index >= 15 is 0 Å². The van der Waals surface area contributed by atoms with Crippen LogP contribution in [0.5, 0.6) is 0 Å². The van der Waals surface area contributed by atoms with Gasteiger partial charge in [-0.3, -0.25) is 9.10 Å². The van der Waals surface area contributed by atoms with Crippen molar-refractivity contribution in [2.75, 3.05) is 10.6 Å². The van der Waals surface area contributed by atoms with E-state index in [1.807, 2.05) is 64.1 Å². The van der Waals surface area contributed by atoms with Gasteiger partial charge in [-0.15, -0.1) is 0 Å². The fourth-order valence-corrected chi connectivity index (χ4v) is 4.24. The summed E-state index contributed by atoms with van der Waals surface area (Å²) in [6.07, 6.45) is 1.51. The van der Waals surface area contributed by atoms with Crippen molar-refractivity contribution in [2.24, 2.45) is 0 Å². The van der Waals surface area contributed by atoms with Crippen molar-refractivity contribution < 1.29 is 13.2 Å². The number of rotatable bonds is 7. The molecule has 1 atom stereocenters. The molecule has 0 radical (unpaired) electrons. The zero-order chi connectivity index (χ0) is 20.2. The second-order valence-electron chi connectivity index (χ2n) is 6.90. The number of sulfonamides is 1. The van der Waals surface area contributed by atoms with Gasteiger partial charge < -0.3 is 5.32 Å². The van der Waals surface area contributed by atoms with Crippen LogP contribution < -0.4 is 9.62 Å². The first-order chi connectivity index (χ1) is 12.6. The second-order valence-corrected chi connectivity index (χ2v) is 8.76. The van der Waals surface area contributed by atoms with E-state index < -0.39 is 16.1 Å². The number of benzene rings is 2. The van der Waals surface area contributed by atoms with E-state index in [1.54, 1.807) is 6.07 Å². The van der Waals surface area contributed by atoms with E-state index in [4.69, 9.17) is 0 Å². The lowest BCUT2D eigenvalue weighted by Crippen LogP contribution is -2.49. The Bertz CT molecular complexity index is 923. The molecule has 2 aromatic carbocycles. The molecule has 6 heteroatoms. The van der Waals surface area contributed by atoms with Gasteiger partial charge in [-0.25, -0.2) is 8.42 Å². The second kappa shape index (κ2) is 8.57. The summed E-state index contributed by atoms with van der Waals surface area (Å²) in [5.74, 6) is -0.301. The first kappa shape index (κ1) is 21.0. The lowest BCUT2D eigenvalue weighted by Gasteiger charge is -2.30. The zero-order valence-corrected chi connectivity index (χ0v) is 17.4. The topological polar surface area (TPSA) is 66.5 Å².